The van der Waals surface area contributed by atoms with Gasteiger partial charge in [0.25, 0.3) is 0 Å². The minimum Gasteiger partial charge on any atom is -0.493 e. The van der Waals surface area contributed by atoms with Crippen molar-refractivity contribution in [3.8, 4) is 5.75 Å². The van der Waals surface area contributed by atoms with Crippen LogP contribution in [0.15, 0.2) is 30.4 Å². The number of halogens is 2. The molecule has 32 heavy (non-hydrogen) atoms. The predicted octanol–water partition coefficient (Wildman–Crippen LogP) is 5.62. The first-order chi connectivity index (χ1) is 15.0. The van der Waals surface area contributed by atoms with Crippen LogP contribution in [0.5, 0.6) is 5.75 Å². The second kappa shape index (κ2) is 11.9. The second-order valence-corrected chi connectivity index (χ2v) is 9.86. The largest absolute Gasteiger partial charge is 0.493 e. The summed E-state index contributed by atoms with van der Waals surface area (Å²) in [6.07, 6.45) is 5.07. The summed E-state index contributed by atoms with van der Waals surface area (Å²) >= 11 is 12.1. The number of aliphatic carboxylic acids is 2. The standard InChI is InChI=1S/C20H29Cl2NO.C4H4O4/c1-12(2)16-9-14-5-8-20(23(14)13(3)4)17(16)11-24-15-6-7-18(21)19(22)10-15;5-3(6)1-2-4(7)8/h6-7,10,12-14,16-17,20H,5,8-9,11H2,1-4H3;1-2H,(H,5,6)(H,7,8)/b;2-1+/t14?,16-,17+,20?;/m0./s1. The summed E-state index contributed by atoms with van der Waals surface area (Å²) in [4.78, 5) is 21.9. The highest BCUT2D eigenvalue weighted by Gasteiger charge is 2.48. The number of hydrogen-bond acceptors (Lipinski definition) is 4. The lowest BCUT2D eigenvalue weighted by Crippen LogP contribution is -2.54. The first kappa shape index (κ1) is 26.5. The van der Waals surface area contributed by atoms with Crippen LogP contribution >= 0.6 is 23.2 Å². The lowest BCUT2D eigenvalue weighted by molar-refractivity contribution is -0.134. The number of carbonyl (C=O) groups is 2. The molecule has 0 amide bonds. The van der Waals surface area contributed by atoms with Gasteiger partial charge in [0.2, 0.25) is 0 Å². The van der Waals surface area contributed by atoms with Crippen LogP contribution in [0.4, 0.5) is 0 Å². The number of fused-ring (bicyclic) bond motifs is 2. The lowest BCUT2D eigenvalue weighted by Gasteiger charge is -2.48. The van der Waals surface area contributed by atoms with Gasteiger partial charge in [0.1, 0.15) is 5.75 Å². The van der Waals surface area contributed by atoms with Gasteiger partial charge in [-0.3, -0.25) is 4.90 Å². The van der Waals surface area contributed by atoms with Gasteiger partial charge in [-0.2, -0.15) is 0 Å². The molecule has 4 atom stereocenters. The fraction of sp³-hybridized carbons (Fsp3) is 0.583. The number of hydrogen-bond donors (Lipinski definition) is 2. The molecule has 0 aromatic heterocycles. The van der Waals surface area contributed by atoms with Gasteiger partial charge in [0.15, 0.2) is 0 Å². The van der Waals surface area contributed by atoms with Crippen molar-refractivity contribution in [2.24, 2.45) is 17.8 Å². The van der Waals surface area contributed by atoms with Crippen molar-refractivity contribution in [2.75, 3.05) is 6.61 Å². The Morgan fingerprint density at radius 1 is 1.09 bits per heavy atom. The van der Waals surface area contributed by atoms with Crippen molar-refractivity contribution >= 4 is 35.1 Å². The van der Waals surface area contributed by atoms with Gasteiger partial charge in [-0.1, -0.05) is 37.0 Å². The molecule has 2 N–H and O–H groups in total. The molecule has 2 unspecified atom stereocenters. The Morgan fingerprint density at radius 2 is 1.72 bits per heavy atom. The first-order valence-corrected chi connectivity index (χ1v) is 11.8. The van der Waals surface area contributed by atoms with E-state index in [0.29, 0.717) is 46.1 Å². The molecule has 0 saturated carbocycles. The number of ether oxygens (including phenoxy) is 1. The Kier molecular flexibility index (Phi) is 9.86. The maximum absolute atomic E-state index is 9.55. The van der Waals surface area contributed by atoms with Gasteiger partial charge < -0.3 is 14.9 Å². The fourth-order valence-electron chi connectivity index (χ4n) is 5.09. The second-order valence-electron chi connectivity index (χ2n) is 9.04. The van der Waals surface area contributed by atoms with Gasteiger partial charge >= 0.3 is 11.9 Å². The minimum atomic E-state index is -1.26. The zero-order chi connectivity index (χ0) is 24.0. The molecule has 2 fully saturated rings. The Balaban J connectivity index is 0.000000390. The molecule has 1 aromatic carbocycles. The molecular weight excluding hydrogens is 453 g/mol. The predicted molar refractivity (Wildman–Crippen MR) is 127 cm³/mol. The van der Waals surface area contributed by atoms with E-state index in [-0.39, 0.29) is 0 Å². The van der Waals surface area contributed by atoms with Crippen molar-refractivity contribution in [2.45, 2.75) is 65.1 Å². The van der Waals surface area contributed by atoms with Crippen LogP contribution in [-0.4, -0.2) is 51.8 Å². The summed E-state index contributed by atoms with van der Waals surface area (Å²) < 4.78 is 6.17. The average Bonchev–Trinajstić information content (AvgIpc) is 3.04. The Hall–Kier alpha value is -1.76. The van der Waals surface area contributed by atoms with E-state index in [9.17, 15) is 9.59 Å². The molecule has 2 bridgehead atoms. The van der Waals surface area contributed by atoms with Crippen LogP contribution in [-0.2, 0) is 9.59 Å². The van der Waals surface area contributed by atoms with E-state index in [1.165, 1.54) is 19.3 Å². The molecule has 3 rings (SSSR count). The van der Waals surface area contributed by atoms with E-state index in [1.807, 2.05) is 18.2 Å². The number of benzene rings is 1. The lowest BCUT2D eigenvalue weighted by atomic mass is 9.74. The molecule has 8 heteroatoms. The molecule has 178 valence electrons. The monoisotopic (exact) mass is 485 g/mol. The quantitative estimate of drug-likeness (QED) is 0.487. The molecule has 2 aliphatic heterocycles. The van der Waals surface area contributed by atoms with E-state index in [1.54, 1.807) is 0 Å². The van der Waals surface area contributed by atoms with E-state index in [0.717, 1.165) is 24.3 Å². The summed E-state index contributed by atoms with van der Waals surface area (Å²) in [6, 6.07) is 7.59. The van der Waals surface area contributed by atoms with Gasteiger partial charge in [0.05, 0.1) is 16.7 Å². The Bertz CT molecular complexity index is 811. The highest BCUT2D eigenvalue weighted by molar-refractivity contribution is 6.42. The summed E-state index contributed by atoms with van der Waals surface area (Å²) in [5.41, 5.74) is 0. The van der Waals surface area contributed by atoms with Gasteiger partial charge in [-0.05, 0) is 57.1 Å². The van der Waals surface area contributed by atoms with Crippen LogP contribution in [0.25, 0.3) is 0 Å². The normalized spacial score (nSPS) is 25.1. The Morgan fingerprint density at radius 3 is 2.22 bits per heavy atom. The molecular formula is C24H33Cl2NO5. The SMILES string of the molecule is CC(C)[C@@H]1CC2CCC([C@@H]1COc1ccc(Cl)c(Cl)c1)N2C(C)C.O=C(O)/C=C/C(=O)O. The third kappa shape index (κ3) is 7.12. The fourth-order valence-corrected chi connectivity index (χ4v) is 5.38. The molecule has 0 aliphatic carbocycles. The van der Waals surface area contributed by atoms with E-state index >= 15 is 0 Å². The van der Waals surface area contributed by atoms with E-state index < -0.39 is 11.9 Å². The highest BCUT2D eigenvalue weighted by atomic mass is 35.5. The van der Waals surface area contributed by atoms with Crippen LogP contribution in [0.1, 0.15) is 47.0 Å². The number of carboxylic acids is 2. The van der Waals surface area contributed by atoms with Crippen molar-refractivity contribution in [1.82, 2.24) is 4.90 Å². The molecule has 2 heterocycles. The molecule has 6 nitrogen and oxygen atoms in total. The highest BCUT2D eigenvalue weighted by Crippen LogP contribution is 2.46. The molecule has 0 radical (unpaired) electrons. The van der Waals surface area contributed by atoms with Crippen LogP contribution in [0, 0.1) is 17.8 Å². The summed E-state index contributed by atoms with van der Waals surface area (Å²) in [7, 11) is 0. The molecule has 0 spiro atoms. The third-order valence-corrected chi connectivity index (χ3v) is 7.08. The number of carboxylic acid groups (broad SMARTS) is 2. The topological polar surface area (TPSA) is 87.1 Å². The molecule has 2 saturated heterocycles. The third-order valence-electron chi connectivity index (χ3n) is 6.34. The van der Waals surface area contributed by atoms with Crippen molar-refractivity contribution in [1.29, 1.82) is 0 Å². The molecule has 2 aliphatic rings. The van der Waals surface area contributed by atoms with Gasteiger partial charge in [0, 0.05) is 42.3 Å². The van der Waals surface area contributed by atoms with Crippen molar-refractivity contribution < 1.29 is 24.5 Å². The van der Waals surface area contributed by atoms with E-state index in [4.69, 9.17) is 38.2 Å². The van der Waals surface area contributed by atoms with Crippen molar-refractivity contribution in [3.05, 3.63) is 40.4 Å². The van der Waals surface area contributed by atoms with Gasteiger partial charge in [-0.25, -0.2) is 9.59 Å². The maximum atomic E-state index is 9.55. The summed E-state index contributed by atoms with van der Waals surface area (Å²) in [6.45, 7) is 10.2. The summed E-state index contributed by atoms with van der Waals surface area (Å²) in [5.74, 6) is 0.327. The average molecular weight is 486 g/mol. The van der Waals surface area contributed by atoms with Crippen LogP contribution in [0.2, 0.25) is 10.0 Å². The van der Waals surface area contributed by atoms with Gasteiger partial charge in [-0.15, -0.1) is 0 Å². The number of piperidine rings is 1. The maximum Gasteiger partial charge on any atom is 0.328 e. The zero-order valence-corrected chi connectivity index (χ0v) is 20.5. The minimum absolute atomic E-state index is 0.558. The number of nitrogens with zero attached hydrogens (tertiary/aromatic N) is 1. The van der Waals surface area contributed by atoms with E-state index in [2.05, 4.69) is 32.6 Å². The first-order valence-electron chi connectivity index (χ1n) is 11.0. The van der Waals surface area contributed by atoms with Crippen molar-refractivity contribution in [3.63, 3.8) is 0 Å². The smallest absolute Gasteiger partial charge is 0.328 e. The molecule has 1 aromatic rings. The Labute approximate surface area is 200 Å². The zero-order valence-electron chi connectivity index (χ0n) is 19.0. The number of rotatable bonds is 7. The van der Waals surface area contributed by atoms with Crippen LogP contribution in [0.3, 0.4) is 0 Å². The summed E-state index contributed by atoms with van der Waals surface area (Å²) in [5, 5.41) is 16.8. The van der Waals surface area contributed by atoms with Crippen LogP contribution < -0.4 is 4.74 Å².